The van der Waals surface area contributed by atoms with Crippen LogP contribution in [-0.2, 0) is 16.0 Å². The van der Waals surface area contributed by atoms with Gasteiger partial charge in [-0.25, -0.2) is 9.99 Å². The van der Waals surface area contributed by atoms with E-state index in [0.29, 0.717) is 23.7 Å². The number of hydrogen-bond donors (Lipinski definition) is 2. The lowest BCUT2D eigenvalue weighted by molar-refractivity contribution is -0.119. The first-order chi connectivity index (χ1) is 15.6. The molecule has 1 amide bonds. The van der Waals surface area contributed by atoms with Crippen LogP contribution in [0.1, 0.15) is 34.5 Å². The maximum Gasteiger partial charge on any atom is 0.309 e. The highest BCUT2D eigenvalue weighted by atomic mass is 16.5. The summed E-state index contributed by atoms with van der Waals surface area (Å²) in [6, 6.07) is 13.5. The fourth-order valence-corrected chi connectivity index (χ4v) is 3.74. The van der Waals surface area contributed by atoms with Gasteiger partial charge in [-0.1, -0.05) is 43.3 Å². The Kier molecular flexibility index (Phi) is 4.98. The van der Waals surface area contributed by atoms with Crippen LogP contribution in [0.5, 0.6) is 0 Å². The second-order valence-electron chi connectivity index (χ2n) is 7.56. The van der Waals surface area contributed by atoms with Gasteiger partial charge in [0, 0.05) is 30.3 Å². The number of nitrogens with zero attached hydrogens (tertiary/aromatic N) is 4. The highest BCUT2D eigenvalue weighted by molar-refractivity contribution is 6.05. The molecule has 9 nitrogen and oxygen atoms in total. The smallest absolute Gasteiger partial charge is 0.309 e. The minimum absolute atomic E-state index is 0.00816. The molecule has 0 bridgehead atoms. The number of rotatable bonds is 5. The third-order valence-electron chi connectivity index (χ3n) is 5.31. The van der Waals surface area contributed by atoms with Gasteiger partial charge in [0.05, 0.1) is 0 Å². The summed E-state index contributed by atoms with van der Waals surface area (Å²) in [4.78, 5) is 34.0. The molecule has 0 spiro atoms. The molecule has 0 saturated carbocycles. The Balaban J connectivity index is 1.35. The van der Waals surface area contributed by atoms with Crippen molar-refractivity contribution in [1.29, 1.82) is 0 Å². The van der Waals surface area contributed by atoms with Crippen LogP contribution in [0.3, 0.4) is 0 Å². The number of aromatic amines is 1. The number of nitrogens with one attached hydrogen (secondary N) is 2. The molecule has 1 aromatic carbocycles. The number of pyridine rings is 1. The molecule has 0 fully saturated rings. The Morgan fingerprint density at radius 2 is 2.00 bits per heavy atom. The molecule has 1 aliphatic carbocycles. The molecule has 2 N–H and O–H groups in total. The monoisotopic (exact) mass is 428 g/mol. The zero-order valence-corrected chi connectivity index (χ0v) is 17.3. The number of Topliss-reactive ketones (excluding diaryl/α,β-unsaturated/α-hetero) is 1. The fraction of sp³-hybridized carbons (Fsp3) is 0.174. The molecule has 1 aliphatic heterocycles. The van der Waals surface area contributed by atoms with Gasteiger partial charge in [0.25, 0.3) is 0 Å². The highest BCUT2D eigenvalue weighted by Gasteiger charge is 2.38. The molecule has 3 heterocycles. The molecule has 0 unspecified atom stereocenters. The Bertz CT molecular complexity index is 1230. The number of carbonyl (C=O) groups excluding carboxylic acids is 2. The van der Waals surface area contributed by atoms with Gasteiger partial charge in [-0.2, -0.15) is 0 Å². The summed E-state index contributed by atoms with van der Waals surface area (Å²) in [5.74, 6) is -0.0116. The van der Waals surface area contributed by atoms with E-state index < -0.39 is 5.91 Å². The predicted molar refractivity (Wildman–Crippen MR) is 114 cm³/mol. The summed E-state index contributed by atoms with van der Waals surface area (Å²) in [5, 5.41) is 8.23. The number of benzene rings is 1. The second-order valence-corrected chi connectivity index (χ2v) is 7.56. The third kappa shape index (κ3) is 3.64. The quantitative estimate of drug-likeness (QED) is 0.641. The number of hydrogen-bond acceptors (Lipinski definition) is 7. The van der Waals surface area contributed by atoms with Crippen molar-refractivity contribution in [1.82, 2.24) is 30.6 Å². The number of carbonyl (C=O) groups is 2. The van der Waals surface area contributed by atoms with E-state index in [9.17, 15) is 9.59 Å². The molecule has 9 heteroatoms. The van der Waals surface area contributed by atoms with E-state index in [0.717, 1.165) is 16.7 Å². The van der Waals surface area contributed by atoms with Gasteiger partial charge in [-0.05, 0) is 23.3 Å². The summed E-state index contributed by atoms with van der Waals surface area (Å²) >= 11 is 0. The zero-order valence-electron chi connectivity index (χ0n) is 17.3. The minimum atomic E-state index is -0.529. The molecule has 160 valence electrons. The standard InChI is InChI=1S/C23H20N6O3/c1-14-11-17(16-7-9-24-10-8-16)21-19(20(14)30)29(13-32-21)28-23(31)22-25-18(26-27-22)12-15-5-3-2-4-6-15/h2-11,14H,12-13H2,1H3,(H,28,31)(H,25,26,27)/t14-/m0/s1. The van der Waals surface area contributed by atoms with E-state index in [1.807, 2.05) is 55.5 Å². The normalized spacial score (nSPS) is 17.7. The van der Waals surface area contributed by atoms with Crippen LogP contribution >= 0.6 is 0 Å². The van der Waals surface area contributed by atoms with Crippen molar-refractivity contribution in [2.45, 2.75) is 13.3 Å². The van der Waals surface area contributed by atoms with E-state index in [1.165, 1.54) is 5.01 Å². The van der Waals surface area contributed by atoms with E-state index in [1.54, 1.807) is 12.4 Å². The van der Waals surface area contributed by atoms with E-state index in [-0.39, 0.29) is 24.3 Å². The first kappa shape index (κ1) is 19.7. The van der Waals surface area contributed by atoms with Gasteiger partial charge < -0.3 is 4.74 Å². The van der Waals surface area contributed by atoms with Crippen molar-refractivity contribution in [3.05, 3.63) is 95.2 Å². The predicted octanol–water partition coefficient (Wildman–Crippen LogP) is 2.24. The van der Waals surface area contributed by atoms with Crippen molar-refractivity contribution in [2.75, 3.05) is 6.73 Å². The number of ketones is 1. The van der Waals surface area contributed by atoms with E-state index in [4.69, 9.17) is 4.74 Å². The molecule has 2 aromatic heterocycles. The summed E-state index contributed by atoms with van der Waals surface area (Å²) in [7, 11) is 0. The van der Waals surface area contributed by atoms with Gasteiger partial charge in [0.1, 0.15) is 11.5 Å². The lowest BCUT2D eigenvalue weighted by atomic mass is 9.89. The lowest BCUT2D eigenvalue weighted by Gasteiger charge is -2.23. The van der Waals surface area contributed by atoms with Crippen molar-refractivity contribution >= 4 is 17.3 Å². The Hall–Kier alpha value is -4.27. The Morgan fingerprint density at radius 3 is 2.78 bits per heavy atom. The van der Waals surface area contributed by atoms with E-state index in [2.05, 4.69) is 25.6 Å². The lowest BCUT2D eigenvalue weighted by Crippen LogP contribution is -2.43. The largest absolute Gasteiger partial charge is 0.468 e. The van der Waals surface area contributed by atoms with Crippen molar-refractivity contribution in [2.24, 2.45) is 5.92 Å². The van der Waals surface area contributed by atoms with Gasteiger partial charge in [-0.3, -0.25) is 25.1 Å². The summed E-state index contributed by atoms with van der Waals surface area (Å²) in [6.45, 7) is 1.83. The zero-order chi connectivity index (χ0) is 22.1. The topological polar surface area (TPSA) is 113 Å². The van der Waals surface area contributed by atoms with Gasteiger partial charge in [0.2, 0.25) is 5.82 Å². The van der Waals surface area contributed by atoms with Crippen LogP contribution in [0.15, 0.2) is 72.4 Å². The number of amides is 1. The molecule has 0 radical (unpaired) electrons. The molecule has 0 saturated heterocycles. The molecule has 2 aliphatic rings. The van der Waals surface area contributed by atoms with Gasteiger partial charge in [0.15, 0.2) is 18.3 Å². The number of ether oxygens (including phenoxy) is 1. The van der Waals surface area contributed by atoms with Crippen LogP contribution in [0.4, 0.5) is 0 Å². The first-order valence-corrected chi connectivity index (χ1v) is 10.2. The van der Waals surface area contributed by atoms with Crippen molar-refractivity contribution < 1.29 is 14.3 Å². The van der Waals surface area contributed by atoms with Crippen LogP contribution in [-0.4, -0.2) is 43.6 Å². The molecule has 5 rings (SSSR count). The summed E-state index contributed by atoms with van der Waals surface area (Å²) < 4.78 is 5.81. The van der Waals surface area contributed by atoms with Gasteiger partial charge in [-0.15, -0.1) is 5.10 Å². The average Bonchev–Trinajstić information content (AvgIpc) is 3.45. The Morgan fingerprint density at radius 1 is 1.22 bits per heavy atom. The number of aromatic nitrogens is 4. The number of H-pyrrole nitrogens is 1. The number of hydrazine groups is 1. The van der Waals surface area contributed by atoms with Crippen LogP contribution in [0.2, 0.25) is 0 Å². The maximum absolute atomic E-state index is 12.9. The molecular weight excluding hydrogens is 408 g/mol. The maximum atomic E-state index is 12.9. The second kappa shape index (κ2) is 8.10. The van der Waals surface area contributed by atoms with Gasteiger partial charge >= 0.3 is 5.91 Å². The van der Waals surface area contributed by atoms with Crippen molar-refractivity contribution in [3.63, 3.8) is 0 Å². The fourth-order valence-electron chi connectivity index (χ4n) is 3.74. The summed E-state index contributed by atoms with van der Waals surface area (Å²) in [6.07, 6.45) is 5.76. The van der Waals surface area contributed by atoms with Crippen LogP contribution in [0.25, 0.3) is 5.57 Å². The molecule has 32 heavy (non-hydrogen) atoms. The van der Waals surface area contributed by atoms with Crippen LogP contribution < -0.4 is 5.43 Å². The third-order valence-corrected chi connectivity index (χ3v) is 5.31. The molecule has 1 atom stereocenters. The molecule has 3 aromatic rings. The van der Waals surface area contributed by atoms with Crippen LogP contribution in [0, 0.1) is 5.92 Å². The first-order valence-electron chi connectivity index (χ1n) is 10.2. The van der Waals surface area contributed by atoms with E-state index >= 15 is 0 Å². The SMILES string of the molecule is C[C@H]1C=C(c2ccncc2)C2=C(C1=O)N(NC(=O)c1n[nH]c(Cc3ccccc3)n1)CO2. The number of allylic oxidation sites excluding steroid dienone is 3. The summed E-state index contributed by atoms with van der Waals surface area (Å²) in [5.41, 5.74) is 5.76. The van der Waals surface area contributed by atoms with Crippen molar-refractivity contribution in [3.8, 4) is 0 Å². The minimum Gasteiger partial charge on any atom is -0.468 e. The highest BCUT2D eigenvalue weighted by Crippen LogP contribution is 2.38. The molecular formula is C23H20N6O3. The Labute approximate surface area is 183 Å². The average molecular weight is 428 g/mol.